The van der Waals surface area contributed by atoms with Crippen LogP contribution in [0.5, 0.6) is 0 Å². The van der Waals surface area contributed by atoms with Crippen LogP contribution in [0.2, 0.25) is 0 Å². The number of nitrogens with zero attached hydrogens (tertiary/aromatic N) is 2. The number of fused-ring (bicyclic) bond motifs is 1. The number of benzene rings is 2. The Hall–Kier alpha value is -3.02. The number of halogens is 1. The molecular formula is C17H14FN3O2. The van der Waals surface area contributed by atoms with Gasteiger partial charge in [-0.05, 0) is 24.3 Å². The normalized spacial score (nSPS) is 10.7. The molecule has 0 unspecified atom stereocenters. The van der Waals surface area contributed by atoms with Gasteiger partial charge in [0.05, 0.1) is 17.2 Å². The molecule has 6 heteroatoms. The van der Waals surface area contributed by atoms with Crippen molar-refractivity contribution in [2.75, 3.05) is 5.32 Å². The van der Waals surface area contributed by atoms with Gasteiger partial charge >= 0.3 is 0 Å². The summed E-state index contributed by atoms with van der Waals surface area (Å²) in [6.45, 7) is 0.206. The third-order valence-electron chi connectivity index (χ3n) is 3.42. The molecular weight excluding hydrogens is 297 g/mol. The zero-order valence-corrected chi connectivity index (χ0v) is 12.2. The minimum absolute atomic E-state index is 0.142. The number of hydrogen-bond acceptors (Lipinski definition) is 3. The summed E-state index contributed by atoms with van der Waals surface area (Å²) in [5.41, 5.74) is 0.722. The minimum Gasteiger partial charge on any atom is -0.326 e. The molecule has 0 aliphatic rings. The molecule has 23 heavy (non-hydrogen) atoms. The highest BCUT2D eigenvalue weighted by Gasteiger charge is 2.07. The molecule has 3 aromatic rings. The first kappa shape index (κ1) is 14.9. The average molecular weight is 311 g/mol. The number of carbonyl (C=O) groups is 1. The molecule has 0 saturated heterocycles. The van der Waals surface area contributed by atoms with E-state index in [0.717, 1.165) is 0 Å². The highest BCUT2D eigenvalue weighted by Crippen LogP contribution is 2.09. The maximum Gasteiger partial charge on any atom is 0.261 e. The molecule has 3 rings (SSSR count). The van der Waals surface area contributed by atoms with Crippen LogP contribution in [0.15, 0.2) is 59.7 Å². The summed E-state index contributed by atoms with van der Waals surface area (Å²) >= 11 is 0. The van der Waals surface area contributed by atoms with Crippen molar-refractivity contribution >= 4 is 22.5 Å². The van der Waals surface area contributed by atoms with Crippen molar-refractivity contribution in [2.45, 2.75) is 13.0 Å². The molecule has 0 spiro atoms. The summed E-state index contributed by atoms with van der Waals surface area (Å²) in [6, 6.07) is 12.9. The molecule has 2 aromatic carbocycles. The predicted octanol–water partition coefficient (Wildman–Crippen LogP) is 2.56. The van der Waals surface area contributed by atoms with Crippen molar-refractivity contribution in [3.63, 3.8) is 0 Å². The fourth-order valence-corrected chi connectivity index (χ4v) is 2.26. The van der Waals surface area contributed by atoms with E-state index in [1.165, 1.54) is 29.1 Å². The quantitative estimate of drug-likeness (QED) is 0.805. The molecule has 116 valence electrons. The van der Waals surface area contributed by atoms with E-state index in [-0.39, 0.29) is 24.4 Å². The number of aryl methyl sites for hydroxylation is 1. The van der Waals surface area contributed by atoms with E-state index in [0.29, 0.717) is 16.6 Å². The summed E-state index contributed by atoms with van der Waals surface area (Å²) in [6.07, 6.45) is 1.48. The van der Waals surface area contributed by atoms with E-state index in [1.807, 2.05) is 18.2 Å². The lowest BCUT2D eigenvalue weighted by Crippen LogP contribution is -2.23. The summed E-state index contributed by atoms with van der Waals surface area (Å²) in [4.78, 5) is 28.2. The third-order valence-corrected chi connectivity index (χ3v) is 3.42. The number of aromatic nitrogens is 2. The van der Waals surface area contributed by atoms with Gasteiger partial charge in [0.1, 0.15) is 5.82 Å². The van der Waals surface area contributed by atoms with Crippen molar-refractivity contribution in [3.8, 4) is 0 Å². The van der Waals surface area contributed by atoms with E-state index < -0.39 is 5.82 Å². The van der Waals surface area contributed by atoms with Gasteiger partial charge in [0, 0.05) is 24.7 Å². The minimum atomic E-state index is -0.440. The summed E-state index contributed by atoms with van der Waals surface area (Å²) in [7, 11) is 0. The summed E-state index contributed by atoms with van der Waals surface area (Å²) < 4.78 is 14.5. The van der Waals surface area contributed by atoms with Crippen LogP contribution >= 0.6 is 0 Å². The van der Waals surface area contributed by atoms with Crippen LogP contribution in [0, 0.1) is 5.82 Å². The zero-order valence-electron chi connectivity index (χ0n) is 12.2. The molecule has 1 N–H and O–H groups in total. The first-order valence-corrected chi connectivity index (χ1v) is 7.13. The maximum absolute atomic E-state index is 13.1. The van der Waals surface area contributed by atoms with E-state index in [4.69, 9.17) is 0 Å². The van der Waals surface area contributed by atoms with Gasteiger partial charge in [0.25, 0.3) is 5.56 Å². The highest BCUT2D eigenvalue weighted by atomic mass is 19.1. The largest absolute Gasteiger partial charge is 0.326 e. The fourth-order valence-electron chi connectivity index (χ4n) is 2.26. The highest BCUT2D eigenvalue weighted by molar-refractivity contribution is 5.90. The van der Waals surface area contributed by atoms with Crippen LogP contribution in [0.4, 0.5) is 10.1 Å². The van der Waals surface area contributed by atoms with E-state index >= 15 is 0 Å². The second kappa shape index (κ2) is 6.39. The average Bonchev–Trinajstić information content (AvgIpc) is 2.55. The van der Waals surface area contributed by atoms with Crippen LogP contribution in [0.25, 0.3) is 10.9 Å². The van der Waals surface area contributed by atoms with Crippen LogP contribution in [-0.2, 0) is 11.3 Å². The van der Waals surface area contributed by atoms with Gasteiger partial charge < -0.3 is 5.32 Å². The molecule has 5 nitrogen and oxygen atoms in total. The molecule has 1 amide bonds. The first-order valence-electron chi connectivity index (χ1n) is 7.13. The molecule has 0 aliphatic carbocycles. The van der Waals surface area contributed by atoms with E-state index in [2.05, 4.69) is 10.3 Å². The SMILES string of the molecule is O=C(CCn1cnc2cc(F)ccc2c1=O)Nc1ccccc1. The fraction of sp³-hybridized carbons (Fsp3) is 0.118. The second-order valence-corrected chi connectivity index (χ2v) is 5.07. The third kappa shape index (κ3) is 3.42. The van der Waals surface area contributed by atoms with Gasteiger partial charge in [-0.2, -0.15) is 0 Å². The Morgan fingerprint density at radius 3 is 2.74 bits per heavy atom. The Balaban J connectivity index is 1.72. The lowest BCUT2D eigenvalue weighted by Gasteiger charge is -2.07. The molecule has 0 radical (unpaired) electrons. The molecule has 0 fully saturated rings. The van der Waals surface area contributed by atoms with Crippen molar-refractivity contribution in [3.05, 3.63) is 71.0 Å². The summed E-state index contributed by atoms with van der Waals surface area (Å²) in [5, 5.41) is 3.08. The number of para-hydroxylation sites is 1. The van der Waals surface area contributed by atoms with Gasteiger partial charge in [-0.3, -0.25) is 14.2 Å². The number of rotatable bonds is 4. The van der Waals surface area contributed by atoms with E-state index in [9.17, 15) is 14.0 Å². The van der Waals surface area contributed by atoms with Crippen molar-refractivity contribution in [1.29, 1.82) is 0 Å². The predicted molar refractivity (Wildman–Crippen MR) is 85.6 cm³/mol. The lowest BCUT2D eigenvalue weighted by atomic mass is 10.2. The number of carbonyl (C=O) groups excluding carboxylic acids is 1. The Morgan fingerprint density at radius 2 is 1.96 bits per heavy atom. The van der Waals surface area contributed by atoms with Gasteiger partial charge in [-0.25, -0.2) is 9.37 Å². The standard InChI is InChI=1S/C17H14FN3O2/c18-12-6-7-14-15(10-12)19-11-21(17(14)23)9-8-16(22)20-13-4-2-1-3-5-13/h1-7,10-11H,8-9H2,(H,20,22). The topological polar surface area (TPSA) is 64.0 Å². The molecule has 0 saturated carbocycles. The Bertz CT molecular complexity index is 907. The maximum atomic E-state index is 13.1. The lowest BCUT2D eigenvalue weighted by molar-refractivity contribution is -0.116. The second-order valence-electron chi connectivity index (χ2n) is 5.07. The smallest absolute Gasteiger partial charge is 0.261 e. The Morgan fingerprint density at radius 1 is 1.17 bits per heavy atom. The van der Waals surface area contributed by atoms with Gasteiger partial charge in [-0.1, -0.05) is 18.2 Å². The van der Waals surface area contributed by atoms with Crippen molar-refractivity contribution in [1.82, 2.24) is 9.55 Å². The van der Waals surface area contributed by atoms with Gasteiger partial charge in [-0.15, -0.1) is 0 Å². The van der Waals surface area contributed by atoms with Crippen molar-refractivity contribution in [2.24, 2.45) is 0 Å². The number of anilines is 1. The molecule has 1 aromatic heterocycles. The number of nitrogens with one attached hydrogen (secondary N) is 1. The van der Waals surface area contributed by atoms with E-state index in [1.54, 1.807) is 12.1 Å². The van der Waals surface area contributed by atoms with Crippen LogP contribution in [0.3, 0.4) is 0 Å². The van der Waals surface area contributed by atoms with Crippen LogP contribution < -0.4 is 10.9 Å². The monoisotopic (exact) mass is 311 g/mol. The Labute approximate surface area is 131 Å². The van der Waals surface area contributed by atoms with Crippen molar-refractivity contribution < 1.29 is 9.18 Å². The van der Waals surface area contributed by atoms with Crippen LogP contribution in [-0.4, -0.2) is 15.5 Å². The number of amides is 1. The molecule has 1 heterocycles. The van der Waals surface area contributed by atoms with Gasteiger partial charge in [0.15, 0.2) is 0 Å². The molecule has 0 bridgehead atoms. The molecule has 0 aliphatic heterocycles. The van der Waals surface area contributed by atoms with Crippen LogP contribution in [0.1, 0.15) is 6.42 Å². The summed E-state index contributed by atoms with van der Waals surface area (Å²) in [5.74, 6) is -0.633. The number of hydrogen-bond donors (Lipinski definition) is 1. The van der Waals surface area contributed by atoms with Gasteiger partial charge in [0.2, 0.25) is 5.91 Å². The Kier molecular flexibility index (Phi) is 4.14. The first-order chi connectivity index (χ1) is 11.1. The zero-order chi connectivity index (χ0) is 16.2. The molecule has 0 atom stereocenters.